The summed E-state index contributed by atoms with van der Waals surface area (Å²) in [5, 5.41) is 57.8. The average Bonchev–Trinajstić information content (AvgIpc) is 2.71. The third-order valence-electron chi connectivity index (χ3n) is 4.81. The zero-order valence-corrected chi connectivity index (χ0v) is 17.6. The molecule has 1 aliphatic rings. The molecule has 182 valence electrons. The molecule has 0 spiro atoms. The van der Waals surface area contributed by atoms with Crippen LogP contribution in [0.3, 0.4) is 0 Å². The van der Waals surface area contributed by atoms with Crippen molar-refractivity contribution in [3.8, 4) is 5.75 Å². The van der Waals surface area contributed by atoms with Gasteiger partial charge < -0.3 is 44.8 Å². The highest BCUT2D eigenvalue weighted by Gasteiger charge is 2.47. The van der Waals surface area contributed by atoms with E-state index in [1.165, 1.54) is 25.1 Å². The number of aliphatic hydroxyl groups is 3. The minimum Gasteiger partial charge on any atom is -0.508 e. The molecule has 2 rings (SSSR count). The maximum absolute atomic E-state index is 12.0. The van der Waals surface area contributed by atoms with E-state index in [-0.39, 0.29) is 5.75 Å². The summed E-state index contributed by atoms with van der Waals surface area (Å²) in [4.78, 5) is 34.2. The first-order chi connectivity index (χ1) is 15.4. The van der Waals surface area contributed by atoms with E-state index in [9.17, 15) is 34.8 Å². The molecule has 0 aromatic heterocycles. The molecule has 0 amide bonds. The lowest BCUT2D eigenvalue weighted by molar-refractivity contribution is -0.325. The smallest absolute Gasteiger partial charge is 0.330 e. The lowest BCUT2D eigenvalue weighted by Crippen LogP contribution is -2.61. The third-order valence-corrected chi connectivity index (χ3v) is 4.81. The van der Waals surface area contributed by atoms with Gasteiger partial charge in [-0.15, -0.1) is 0 Å². The van der Waals surface area contributed by atoms with Gasteiger partial charge in [-0.2, -0.15) is 0 Å². The Kier molecular flexibility index (Phi) is 8.91. The molecule has 0 radical (unpaired) electrons. The molecule has 12 nitrogen and oxygen atoms in total. The number of aromatic hydroxyl groups is 1. The molecule has 0 aliphatic carbocycles. The molecular weight excluding hydrogens is 444 g/mol. The fourth-order valence-electron chi connectivity index (χ4n) is 3.18. The van der Waals surface area contributed by atoms with E-state index in [1.807, 2.05) is 0 Å². The lowest BCUT2D eigenvalue weighted by Gasteiger charge is -2.43. The molecule has 0 bridgehead atoms. The van der Waals surface area contributed by atoms with Gasteiger partial charge >= 0.3 is 17.9 Å². The first-order valence-electron chi connectivity index (χ1n) is 9.85. The van der Waals surface area contributed by atoms with Gasteiger partial charge in [0.15, 0.2) is 6.29 Å². The van der Waals surface area contributed by atoms with Crippen LogP contribution in [0.5, 0.6) is 5.75 Å². The van der Waals surface area contributed by atoms with Crippen molar-refractivity contribution in [1.29, 1.82) is 0 Å². The number of phenolic OH excluding ortho intramolecular Hbond substituents is 1. The molecule has 1 saturated heterocycles. The van der Waals surface area contributed by atoms with Gasteiger partial charge in [-0.25, -0.2) is 4.79 Å². The van der Waals surface area contributed by atoms with Crippen molar-refractivity contribution >= 4 is 24.0 Å². The second kappa shape index (κ2) is 11.2. The Balaban J connectivity index is 2.03. The Bertz CT molecular complexity index is 849. The number of hydrogen-bond donors (Lipinski definition) is 6. The van der Waals surface area contributed by atoms with Crippen LogP contribution in [0.1, 0.15) is 25.3 Å². The van der Waals surface area contributed by atoms with Crippen LogP contribution in [-0.2, 0) is 28.6 Å². The molecule has 0 saturated carbocycles. The summed E-state index contributed by atoms with van der Waals surface area (Å²) in [6.45, 7) is 0.629. The molecule has 1 aromatic carbocycles. The highest BCUT2D eigenvalue weighted by molar-refractivity contribution is 5.87. The Morgan fingerprint density at radius 2 is 1.58 bits per heavy atom. The number of carboxylic acid groups (broad SMARTS) is 2. The Hall–Kier alpha value is -3.03. The number of carboxylic acids is 2. The third kappa shape index (κ3) is 7.80. The van der Waals surface area contributed by atoms with Gasteiger partial charge in [-0.3, -0.25) is 9.59 Å². The minimum absolute atomic E-state index is 0.0542. The average molecular weight is 470 g/mol. The van der Waals surface area contributed by atoms with Gasteiger partial charge in [0.05, 0.1) is 18.4 Å². The topological polar surface area (TPSA) is 200 Å². The van der Waals surface area contributed by atoms with Gasteiger partial charge in [-0.05, 0) is 30.7 Å². The monoisotopic (exact) mass is 470 g/mol. The summed E-state index contributed by atoms with van der Waals surface area (Å²) < 4.78 is 15.8. The van der Waals surface area contributed by atoms with Crippen molar-refractivity contribution in [3.05, 3.63) is 35.9 Å². The molecule has 0 unspecified atom stereocenters. The van der Waals surface area contributed by atoms with E-state index >= 15 is 0 Å². The van der Waals surface area contributed by atoms with E-state index in [1.54, 1.807) is 12.1 Å². The molecule has 1 heterocycles. The second-order valence-corrected chi connectivity index (χ2v) is 7.78. The van der Waals surface area contributed by atoms with Crippen LogP contribution in [0.4, 0.5) is 0 Å². The fraction of sp³-hybridized carbons (Fsp3) is 0.476. The molecule has 12 heteroatoms. The van der Waals surface area contributed by atoms with Crippen LogP contribution < -0.4 is 0 Å². The number of carbonyl (C=O) groups is 3. The number of rotatable bonds is 10. The van der Waals surface area contributed by atoms with Crippen molar-refractivity contribution in [2.75, 3.05) is 6.61 Å². The molecular formula is C21H26O12. The summed E-state index contributed by atoms with van der Waals surface area (Å²) in [7, 11) is 0. The van der Waals surface area contributed by atoms with Gasteiger partial charge in [-0.1, -0.05) is 12.1 Å². The summed E-state index contributed by atoms with van der Waals surface area (Å²) in [5.74, 6) is -3.50. The van der Waals surface area contributed by atoms with E-state index in [0.29, 0.717) is 5.56 Å². The quantitative estimate of drug-likeness (QED) is 0.189. The SMILES string of the molecule is CC(CC(=O)O)(CC(=O)O)O[C@H]1O[C@H](COC(=O)C=Cc2ccc(O)cc2)[C@@H](O)[C@H](O)[C@H]1O. The predicted octanol–water partition coefficient (Wildman–Crippen LogP) is -0.519. The molecule has 6 N–H and O–H groups in total. The summed E-state index contributed by atoms with van der Waals surface area (Å²) in [6, 6.07) is 5.95. The summed E-state index contributed by atoms with van der Waals surface area (Å²) in [6.07, 6.45) is -7.38. The normalized spacial score (nSPS) is 25.6. The van der Waals surface area contributed by atoms with Gasteiger partial charge in [0.1, 0.15) is 36.8 Å². The van der Waals surface area contributed by atoms with Gasteiger partial charge in [0.2, 0.25) is 0 Å². The first-order valence-corrected chi connectivity index (χ1v) is 9.85. The van der Waals surface area contributed by atoms with E-state index in [4.69, 9.17) is 24.4 Å². The fourth-order valence-corrected chi connectivity index (χ4v) is 3.18. The molecule has 33 heavy (non-hydrogen) atoms. The van der Waals surface area contributed by atoms with Crippen LogP contribution >= 0.6 is 0 Å². The zero-order chi connectivity index (χ0) is 24.8. The number of ether oxygens (including phenoxy) is 3. The largest absolute Gasteiger partial charge is 0.508 e. The maximum atomic E-state index is 12.0. The number of esters is 1. The highest BCUT2D eigenvalue weighted by atomic mass is 16.7. The Labute approximate surface area is 188 Å². The molecule has 1 aromatic rings. The van der Waals surface area contributed by atoms with Crippen molar-refractivity contribution in [3.63, 3.8) is 0 Å². The van der Waals surface area contributed by atoms with Crippen LogP contribution in [0.25, 0.3) is 6.08 Å². The van der Waals surface area contributed by atoms with Crippen LogP contribution in [0.2, 0.25) is 0 Å². The van der Waals surface area contributed by atoms with E-state index in [2.05, 4.69) is 0 Å². The zero-order valence-electron chi connectivity index (χ0n) is 17.6. The van der Waals surface area contributed by atoms with Crippen LogP contribution in [-0.4, -0.2) is 91.5 Å². The number of aliphatic hydroxyl groups excluding tert-OH is 3. The Morgan fingerprint density at radius 1 is 1.00 bits per heavy atom. The molecule has 1 aliphatic heterocycles. The van der Waals surface area contributed by atoms with Gasteiger partial charge in [0, 0.05) is 6.08 Å². The van der Waals surface area contributed by atoms with Crippen molar-refractivity contribution in [2.45, 2.75) is 56.1 Å². The maximum Gasteiger partial charge on any atom is 0.330 e. The predicted molar refractivity (Wildman–Crippen MR) is 109 cm³/mol. The van der Waals surface area contributed by atoms with Gasteiger partial charge in [0.25, 0.3) is 0 Å². The number of aliphatic carboxylic acids is 2. The lowest BCUT2D eigenvalue weighted by atomic mass is 9.95. The van der Waals surface area contributed by atoms with Crippen molar-refractivity contribution < 1.29 is 59.2 Å². The van der Waals surface area contributed by atoms with Crippen molar-refractivity contribution in [1.82, 2.24) is 0 Å². The number of benzene rings is 1. The van der Waals surface area contributed by atoms with E-state index in [0.717, 1.165) is 6.08 Å². The number of hydrogen-bond acceptors (Lipinski definition) is 10. The standard InChI is InChI=1S/C21H26O12/c1-21(8-14(23)24,9-15(25)26)33-20-19(30)18(29)17(28)13(32-20)10-31-16(27)7-4-11-2-5-12(22)6-3-11/h2-7,13,17-20,22,28-30H,8-10H2,1H3,(H,23,24)(H,25,26)/t13-,17-,18+,19-,20-/m1/s1. The number of phenols is 1. The first kappa shape index (κ1) is 26.2. The van der Waals surface area contributed by atoms with Crippen LogP contribution in [0.15, 0.2) is 30.3 Å². The number of carbonyl (C=O) groups excluding carboxylic acids is 1. The molecule has 5 atom stereocenters. The summed E-state index contributed by atoms with van der Waals surface area (Å²) in [5.41, 5.74) is -1.21. The summed E-state index contributed by atoms with van der Waals surface area (Å²) >= 11 is 0. The Morgan fingerprint density at radius 3 is 2.12 bits per heavy atom. The second-order valence-electron chi connectivity index (χ2n) is 7.78. The molecule has 1 fully saturated rings. The van der Waals surface area contributed by atoms with E-state index < -0.39 is 73.7 Å². The minimum atomic E-state index is -1.83. The highest BCUT2D eigenvalue weighted by Crippen LogP contribution is 2.29. The van der Waals surface area contributed by atoms with Crippen molar-refractivity contribution in [2.24, 2.45) is 0 Å². The van der Waals surface area contributed by atoms with Crippen LogP contribution in [0, 0.1) is 0 Å².